The fraction of sp³-hybridized carbons (Fsp3) is 0.400. The van der Waals surface area contributed by atoms with Crippen LogP contribution in [0.5, 0.6) is 5.75 Å². The smallest absolute Gasteiger partial charge is 0.233 e. The van der Waals surface area contributed by atoms with Crippen LogP contribution < -0.4 is 4.74 Å². The summed E-state index contributed by atoms with van der Waals surface area (Å²) < 4.78 is 7.68. The molecule has 2 aromatic carbocycles. The number of thioether (sulfide) groups is 1. The first-order valence-corrected chi connectivity index (χ1v) is 12.5. The van der Waals surface area contributed by atoms with Gasteiger partial charge in [-0.25, -0.2) is 0 Å². The summed E-state index contributed by atoms with van der Waals surface area (Å²) in [5.41, 5.74) is 3.83. The van der Waals surface area contributed by atoms with Gasteiger partial charge in [0.05, 0.1) is 18.9 Å². The van der Waals surface area contributed by atoms with Crippen LogP contribution in [0.15, 0.2) is 53.7 Å². The highest BCUT2D eigenvalue weighted by Gasteiger charge is 2.23. The molecule has 0 bridgehead atoms. The van der Waals surface area contributed by atoms with E-state index < -0.39 is 0 Å². The first kappa shape index (κ1) is 22.0. The van der Waals surface area contributed by atoms with E-state index >= 15 is 0 Å². The number of carbonyl (C=O) groups is 1. The average Bonchev–Trinajstić information content (AvgIpc) is 3.45. The number of hydrogen-bond acceptors (Lipinski definition) is 6. The summed E-state index contributed by atoms with van der Waals surface area (Å²) in [4.78, 5) is 17.3. The van der Waals surface area contributed by atoms with Crippen LogP contribution in [0.3, 0.4) is 0 Å². The van der Waals surface area contributed by atoms with Crippen LogP contribution in [0.2, 0.25) is 0 Å². The molecule has 0 radical (unpaired) electrons. The molecular weight excluding hydrogens is 434 g/mol. The van der Waals surface area contributed by atoms with Gasteiger partial charge in [0.15, 0.2) is 5.16 Å². The second-order valence-electron chi connectivity index (χ2n) is 8.59. The van der Waals surface area contributed by atoms with E-state index in [9.17, 15) is 4.79 Å². The van der Waals surface area contributed by atoms with E-state index in [0.717, 1.165) is 62.5 Å². The van der Waals surface area contributed by atoms with Gasteiger partial charge in [0, 0.05) is 39.1 Å². The van der Waals surface area contributed by atoms with Crippen LogP contribution in [0.1, 0.15) is 22.5 Å². The van der Waals surface area contributed by atoms with Crippen LogP contribution in [-0.2, 0) is 24.3 Å². The van der Waals surface area contributed by atoms with Gasteiger partial charge in [0.2, 0.25) is 5.91 Å². The van der Waals surface area contributed by atoms with Crippen molar-refractivity contribution >= 4 is 17.7 Å². The van der Waals surface area contributed by atoms with Crippen molar-refractivity contribution in [1.82, 2.24) is 24.6 Å². The van der Waals surface area contributed by atoms with E-state index in [2.05, 4.69) is 50.0 Å². The number of nitrogens with zero attached hydrogens (tertiary/aromatic N) is 5. The van der Waals surface area contributed by atoms with Gasteiger partial charge in [-0.15, -0.1) is 10.2 Å². The monoisotopic (exact) mass is 463 g/mol. The molecule has 5 rings (SSSR count). The van der Waals surface area contributed by atoms with E-state index in [4.69, 9.17) is 4.74 Å². The Hall–Kier alpha value is -2.84. The summed E-state index contributed by atoms with van der Waals surface area (Å²) in [5, 5.41) is 9.32. The van der Waals surface area contributed by atoms with Gasteiger partial charge in [-0.3, -0.25) is 9.69 Å². The number of fused-ring (bicyclic) bond motifs is 1. The average molecular weight is 464 g/mol. The SMILES string of the molecule is Cc1nnc(SCC(=O)N2CCN(Cc3ccc4c(c3)CCO4)CC2)n1Cc1ccccc1. The maximum Gasteiger partial charge on any atom is 0.233 e. The molecule has 8 heteroatoms. The first-order valence-electron chi connectivity index (χ1n) is 11.5. The van der Waals surface area contributed by atoms with Crippen LogP contribution in [-0.4, -0.2) is 69.0 Å². The molecule has 1 amide bonds. The number of hydrogen-bond donors (Lipinski definition) is 0. The van der Waals surface area contributed by atoms with Gasteiger partial charge >= 0.3 is 0 Å². The molecule has 33 heavy (non-hydrogen) atoms. The summed E-state index contributed by atoms with van der Waals surface area (Å²) in [6, 6.07) is 16.8. The van der Waals surface area contributed by atoms with Crippen molar-refractivity contribution in [2.24, 2.45) is 0 Å². The predicted octanol–water partition coefficient (Wildman–Crippen LogP) is 3.01. The van der Waals surface area contributed by atoms with E-state index in [-0.39, 0.29) is 5.91 Å². The number of piperazine rings is 1. The zero-order valence-electron chi connectivity index (χ0n) is 18.9. The molecule has 2 aliphatic rings. The molecule has 2 aliphatic heterocycles. The van der Waals surface area contributed by atoms with E-state index in [1.54, 1.807) is 0 Å². The summed E-state index contributed by atoms with van der Waals surface area (Å²) >= 11 is 1.48. The second kappa shape index (κ2) is 9.97. The van der Waals surface area contributed by atoms with Crippen LogP contribution in [0.4, 0.5) is 0 Å². The number of rotatable bonds is 7. The molecule has 172 valence electrons. The Kier molecular flexibility index (Phi) is 6.64. The first-order chi connectivity index (χ1) is 16.2. The summed E-state index contributed by atoms with van der Waals surface area (Å²) in [7, 11) is 0. The highest BCUT2D eigenvalue weighted by molar-refractivity contribution is 7.99. The van der Waals surface area contributed by atoms with E-state index in [0.29, 0.717) is 12.3 Å². The topological polar surface area (TPSA) is 63.5 Å². The molecule has 0 unspecified atom stereocenters. The standard InChI is InChI=1S/C25H29N5O2S/c1-19-26-27-25(30(19)17-20-5-3-2-4-6-20)33-18-24(31)29-12-10-28(11-13-29)16-21-7-8-23-22(15-21)9-14-32-23/h2-8,15H,9-14,16-18H2,1H3. The minimum Gasteiger partial charge on any atom is -0.493 e. The Morgan fingerprint density at radius 3 is 2.64 bits per heavy atom. The largest absolute Gasteiger partial charge is 0.493 e. The Balaban J connectivity index is 1.11. The lowest BCUT2D eigenvalue weighted by molar-refractivity contribution is -0.130. The number of amides is 1. The highest BCUT2D eigenvalue weighted by atomic mass is 32.2. The van der Waals surface area contributed by atoms with Gasteiger partial charge < -0.3 is 14.2 Å². The third-order valence-electron chi connectivity index (χ3n) is 6.30. The van der Waals surface area contributed by atoms with Crippen LogP contribution >= 0.6 is 11.8 Å². The van der Waals surface area contributed by atoms with Crippen LogP contribution in [0, 0.1) is 6.92 Å². The van der Waals surface area contributed by atoms with Gasteiger partial charge in [-0.1, -0.05) is 54.2 Å². The number of carbonyl (C=O) groups excluding carboxylic acids is 1. The van der Waals surface area contributed by atoms with E-state index in [1.165, 1.54) is 28.5 Å². The van der Waals surface area contributed by atoms with Crippen molar-refractivity contribution < 1.29 is 9.53 Å². The summed E-state index contributed by atoms with van der Waals surface area (Å²) in [6.07, 6.45) is 1.00. The highest BCUT2D eigenvalue weighted by Crippen LogP contribution is 2.26. The zero-order chi connectivity index (χ0) is 22.6. The third-order valence-corrected chi connectivity index (χ3v) is 7.25. The number of benzene rings is 2. The summed E-state index contributed by atoms with van der Waals surface area (Å²) in [6.45, 7) is 7.71. The molecule has 0 spiro atoms. The molecular formula is C25H29N5O2S. The van der Waals surface area contributed by atoms with Crippen molar-refractivity contribution in [3.05, 3.63) is 71.0 Å². The van der Waals surface area contributed by atoms with Crippen molar-refractivity contribution in [1.29, 1.82) is 0 Å². The van der Waals surface area contributed by atoms with Gasteiger partial charge in [-0.2, -0.15) is 0 Å². The molecule has 1 fully saturated rings. The number of aryl methyl sites for hydroxylation is 1. The molecule has 0 aliphatic carbocycles. The van der Waals surface area contributed by atoms with Gasteiger partial charge in [-0.05, 0) is 29.7 Å². The minimum absolute atomic E-state index is 0.168. The third kappa shape index (κ3) is 5.23. The fourth-order valence-corrected chi connectivity index (χ4v) is 5.27. The lowest BCUT2D eigenvalue weighted by Crippen LogP contribution is -2.48. The van der Waals surface area contributed by atoms with E-state index in [1.807, 2.05) is 30.0 Å². The molecule has 1 saturated heterocycles. The Bertz CT molecular complexity index is 1110. The Morgan fingerprint density at radius 1 is 1.00 bits per heavy atom. The normalized spacial score (nSPS) is 16.0. The molecule has 1 aromatic heterocycles. The Morgan fingerprint density at radius 2 is 1.82 bits per heavy atom. The van der Waals surface area contributed by atoms with Gasteiger partial charge in [0.1, 0.15) is 11.6 Å². The minimum atomic E-state index is 0.168. The molecule has 7 nitrogen and oxygen atoms in total. The Labute approximate surface area is 198 Å². The second-order valence-corrected chi connectivity index (χ2v) is 9.53. The van der Waals surface area contributed by atoms with Crippen molar-refractivity contribution in [2.45, 2.75) is 31.6 Å². The quantitative estimate of drug-likeness (QED) is 0.502. The van der Waals surface area contributed by atoms with Crippen molar-refractivity contribution in [3.8, 4) is 5.75 Å². The lowest BCUT2D eigenvalue weighted by Gasteiger charge is -2.34. The van der Waals surface area contributed by atoms with Crippen molar-refractivity contribution in [2.75, 3.05) is 38.5 Å². The maximum absolute atomic E-state index is 12.9. The molecule has 0 atom stereocenters. The molecule has 3 heterocycles. The maximum atomic E-state index is 12.9. The molecule has 0 saturated carbocycles. The zero-order valence-corrected chi connectivity index (χ0v) is 19.8. The number of ether oxygens (including phenoxy) is 1. The summed E-state index contributed by atoms with van der Waals surface area (Å²) in [5.74, 6) is 2.45. The van der Waals surface area contributed by atoms with Gasteiger partial charge in [0.25, 0.3) is 0 Å². The lowest BCUT2D eigenvalue weighted by atomic mass is 10.1. The number of aromatic nitrogens is 3. The molecule has 3 aromatic rings. The fourth-order valence-electron chi connectivity index (χ4n) is 4.39. The van der Waals surface area contributed by atoms with Crippen molar-refractivity contribution in [3.63, 3.8) is 0 Å². The molecule has 0 N–H and O–H groups in total. The van der Waals surface area contributed by atoms with Crippen LogP contribution in [0.25, 0.3) is 0 Å². The predicted molar refractivity (Wildman–Crippen MR) is 129 cm³/mol.